The first kappa shape index (κ1) is 21.2. The average molecular weight is 418 g/mol. The maximum atomic E-state index is 12.7. The highest BCUT2D eigenvalue weighted by atomic mass is 32.1. The standard InChI is InChI=1S/C21H27N3O4S/c1-2-11-22-18(25)12-23-19(26)13-28-21(27)15-8-4-3-7-14(15)20-24-16-9-5-6-10-17(16)29-20/h5-6,9-10,14-15H,2-4,7-8,11-13H2,1H3,(H,22,25)(H,23,26)/t14-,15-/m0/s1. The summed E-state index contributed by atoms with van der Waals surface area (Å²) in [4.78, 5) is 40.8. The molecule has 29 heavy (non-hydrogen) atoms. The van der Waals surface area contributed by atoms with Crippen LogP contribution in [0.3, 0.4) is 0 Å². The van der Waals surface area contributed by atoms with Crippen LogP contribution in [-0.4, -0.2) is 42.5 Å². The zero-order valence-corrected chi connectivity index (χ0v) is 17.4. The topological polar surface area (TPSA) is 97.4 Å². The molecule has 1 heterocycles. The number of esters is 1. The van der Waals surface area contributed by atoms with Gasteiger partial charge in [0.1, 0.15) is 0 Å². The molecule has 0 radical (unpaired) electrons. The maximum Gasteiger partial charge on any atom is 0.310 e. The lowest BCUT2D eigenvalue weighted by molar-refractivity contribution is -0.154. The van der Waals surface area contributed by atoms with Gasteiger partial charge >= 0.3 is 5.97 Å². The molecular weight excluding hydrogens is 390 g/mol. The van der Waals surface area contributed by atoms with E-state index in [1.54, 1.807) is 11.3 Å². The van der Waals surface area contributed by atoms with Crippen molar-refractivity contribution < 1.29 is 19.1 Å². The lowest BCUT2D eigenvalue weighted by Crippen LogP contribution is -2.39. The van der Waals surface area contributed by atoms with Crippen LogP contribution in [0.1, 0.15) is 50.0 Å². The zero-order valence-electron chi connectivity index (χ0n) is 16.6. The molecule has 1 aliphatic rings. The predicted octanol–water partition coefficient (Wildman–Crippen LogP) is 2.76. The number of amides is 2. The molecule has 1 aromatic carbocycles. The van der Waals surface area contributed by atoms with Gasteiger partial charge in [-0.25, -0.2) is 4.98 Å². The number of nitrogens with one attached hydrogen (secondary N) is 2. The predicted molar refractivity (Wildman–Crippen MR) is 112 cm³/mol. The molecule has 2 N–H and O–H groups in total. The van der Waals surface area contributed by atoms with Crippen LogP contribution in [0.4, 0.5) is 0 Å². The number of thiazole rings is 1. The number of nitrogens with zero attached hydrogens (tertiary/aromatic N) is 1. The van der Waals surface area contributed by atoms with E-state index in [1.807, 2.05) is 31.2 Å². The summed E-state index contributed by atoms with van der Waals surface area (Å²) in [5, 5.41) is 6.11. The molecule has 1 fully saturated rings. The Bertz CT molecular complexity index is 833. The minimum Gasteiger partial charge on any atom is -0.455 e. The smallest absolute Gasteiger partial charge is 0.310 e. The molecular formula is C21H27N3O4S. The fourth-order valence-electron chi connectivity index (χ4n) is 3.56. The lowest BCUT2D eigenvalue weighted by Gasteiger charge is -2.28. The number of ether oxygens (including phenoxy) is 1. The molecule has 7 nitrogen and oxygen atoms in total. The minimum absolute atomic E-state index is 0.0246. The Morgan fingerprint density at radius 1 is 1.14 bits per heavy atom. The maximum absolute atomic E-state index is 12.7. The summed E-state index contributed by atoms with van der Waals surface area (Å²) < 4.78 is 6.39. The van der Waals surface area contributed by atoms with Crippen molar-refractivity contribution in [3.05, 3.63) is 29.3 Å². The molecule has 1 aromatic heterocycles. The number of benzene rings is 1. The first-order valence-electron chi connectivity index (χ1n) is 10.1. The molecule has 0 spiro atoms. The first-order chi connectivity index (χ1) is 14.1. The highest BCUT2D eigenvalue weighted by molar-refractivity contribution is 7.18. The second-order valence-electron chi connectivity index (χ2n) is 7.25. The number of para-hydroxylation sites is 1. The van der Waals surface area contributed by atoms with Crippen LogP contribution < -0.4 is 10.6 Å². The van der Waals surface area contributed by atoms with Crippen LogP contribution in [0.2, 0.25) is 0 Å². The average Bonchev–Trinajstić information content (AvgIpc) is 3.18. The van der Waals surface area contributed by atoms with Crippen LogP contribution >= 0.6 is 11.3 Å². The van der Waals surface area contributed by atoms with Crippen molar-refractivity contribution in [3.63, 3.8) is 0 Å². The van der Waals surface area contributed by atoms with Crippen molar-refractivity contribution in [2.45, 2.75) is 44.9 Å². The summed E-state index contributed by atoms with van der Waals surface area (Å²) in [6.45, 7) is 2.03. The minimum atomic E-state index is -0.475. The first-order valence-corrected chi connectivity index (χ1v) is 11.0. The summed E-state index contributed by atoms with van der Waals surface area (Å²) in [6.07, 6.45) is 4.47. The van der Waals surface area contributed by atoms with Gasteiger partial charge in [-0.15, -0.1) is 11.3 Å². The second-order valence-corrected chi connectivity index (χ2v) is 8.31. The second kappa shape index (κ2) is 10.3. The van der Waals surface area contributed by atoms with Gasteiger partial charge in [0.25, 0.3) is 5.91 Å². The van der Waals surface area contributed by atoms with E-state index >= 15 is 0 Å². The molecule has 2 aromatic rings. The molecule has 1 saturated carbocycles. The number of hydrogen-bond donors (Lipinski definition) is 2. The molecule has 3 rings (SSSR count). The Morgan fingerprint density at radius 3 is 2.72 bits per heavy atom. The van der Waals surface area contributed by atoms with Gasteiger partial charge in [0.15, 0.2) is 6.61 Å². The van der Waals surface area contributed by atoms with Gasteiger partial charge in [0.2, 0.25) is 5.91 Å². The number of carbonyl (C=O) groups is 3. The molecule has 2 amide bonds. The Hall–Kier alpha value is -2.48. The quantitative estimate of drug-likeness (QED) is 0.644. The van der Waals surface area contributed by atoms with Crippen molar-refractivity contribution in [3.8, 4) is 0 Å². The molecule has 0 aliphatic heterocycles. The van der Waals surface area contributed by atoms with Crippen LogP contribution in [0.5, 0.6) is 0 Å². The van der Waals surface area contributed by atoms with Gasteiger partial charge in [-0.05, 0) is 31.4 Å². The van der Waals surface area contributed by atoms with Crippen molar-refractivity contribution in [2.24, 2.45) is 5.92 Å². The van der Waals surface area contributed by atoms with Gasteiger partial charge in [-0.1, -0.05) is 31.9 Å². The van der Waals surface area contributed by atoms with E-state index in [9.17, 15) is 14.4 Å². The van der Waals surface area contributed by atoms with E-state index in [0.29, 0.717) is 6.54 Å². The van der Waals surface area contributed by atoms with Crippen LogP contribution in [0, 0.1) is 5.92 Å². The van der Waals surface area contributed by atoms with Gasteiger partial charge in [0, 0.05) is 12.5 Å². The summed E-state index contributed by atoms with van der Waals surface area (Å²) in [6, 6.07) is 7.96. The van der Waals surface area contributed by atoms with E-state index in [-0.39, 0.29) is 36.9 Å². The fraction of sp³-hybridized carbons (Fsp3) is 0.524. The molecule has 8 heteroatoms. The molecule has 1 aliphatic carbocycles. The summed E-state index contributed by atoms with van der Waals surface area (Å²) >= 11 is 1.62. The number of aromatic nitrogens is 1. The third-order valence-electron chi connectivity index (χ3n) is 5.06. The lowest BCUT2D eigenvalue weighted by atomic mass is 9.79. The third-order valence-corrected chi connectivity index (χ3v) is 6.23. The van der Waals surface area contributed by atoms with Crippen molar-refractivity contribution in [2.75, 3.05) is 19.7 Å². The highest BCUT2D eigenvalue weighted by Crippen LogP contribution is 2.41. The molecule has 156 valence electrons. The normalized spacial score (nSPS) is 18.9. The summed E-state index contributed by atoms with van der Waals surface area (Å²) in [5.41, 5.74) is 0.950. The Morgan fingerprint density at radius 2 is 1.93 bits per heavy atom. The van der Waals surface area contributed by atoms with E-state index in [1.165, 1.54) is 0 Å². The van der Waals surface area contributed by atoms with Crippen molar-refractivity contribution in [1.29, 1.82) is 0 Å². The zero-order chi connectivity index (χ0) is 20.6. The summed E-state index contributed by atoms with van der Waals surface area (Å²) in [7, 11) is 0. The Kier molecular flexibility index (Phi) is 7.57. The van der Waals surface area contributed by atoms with E-state index in [4.69, 9.17) is 9.72 Å². The van der Waals surface area contributed by atoms with E-state index < -0.39 is 5.91 Å². The third kappa shape index (κ3) is 5.76. The van der Waals surface area contributed by atoms with Crippen LogP contribution in [-0.2, 0) is 19.1 Å². The SMILES string of the molecule is CCCNC(=O)CNC(=O)COC(=O)[C@H]1CCCC[C@@H]1c1nc2ccccc2s1. The van der Waals surface area contributed by atoms with Gasteiger partial charge in [-0.3, -0.25) is 14.4 Å². The van der Waals surface area contributed by atoms with Crippen LogP contribution in [0.25, 0.3) is 10.2 Å². The number of carbonyl (C=O) groups excluding carboxylic acids is 3. The van der Waals surface area contributed by atoms with Crippen LogP contribution in [0.15, 0.2) is 24.3 Å². The highest BCUT2D eigenvalue weighted by Gasteiger charge is 2.35. The number of hydrogen-bond acceptors (Lipinski definition) is 6. The number of rotatable bonds is 8. The van der Waals surface area contributed by atoms with E-state index in [0.717, 1.165) is 47.3 Å². The molecule has 0 unspecified atom stereocenters. The molecule has 0 saturated heterocycles. The van der Waals surface area contributed by atoms with Crippen molar-refractivity contribution >= 4 is 39.3 Å². The fourth-order valence-corrected chi connectivity index (χ4v) is 4.73. The van der Waals surface area contributed by atoms with Gasteiger partial charge < -0.3 is 15.4 Å². The largest absolute Gasteiger partial charge is 0.455 e. The van der Waals surface area contributed by atoms with E-state index in [2.05, 4.69) is 10.6 Å². The van der Waals surface area contributed by atoms with Gasteiger partial charge in [-0.2, -0.15) is 0 Å². The van der Waals surface area contributed by atoms with Gasteiger partial charge in [0.05, 0.1) is 27.7 Å². The number of fused-ring (bicyclic) bond motifs is 1. The molecule has 2 atom stereocenters. The monoisotopic (exact) mass is 417 g/mol. The Balaban J connectivity index is 1.54. The van der Waals surface area contributed by atoms with Crippen molar-refractivity contribution in [1.82, 2.24) is 15.6 Å². The molecule has 0 bridgehead atoms. The Labute approximate surface area is 174 Å². The summed E-state index contributed by atoms with van der Waals surface area (Å²) in [5.74, 6) is -1.35.